The first-order chi connectivity index (χ1) is 11.6. The van der Waals surface area contributed by atoms with E-state index in [4.69, 9.17) is 0 Å². The lowest BCUT2D eigenvalue weighted by Gasteiger charge is -2.22. The Balaban J connectivity index is 1.60. The summed E-state index contributed by atoms with van der Waals surface area (Å²) in [6.07, 6.45) is 1.02. The summed E-state index contributed by atoms with van der Waals surface area (Å²) in [7, 11) is 0. The first kappa shape index (κ1) is 17.2. The molecule has 0 atom stereocenters. The average Bonchev–Trinajstić information content (AvgIpc) is 2.81. The first-order valence-electron chi connectivity index (χ1n) is 8.44. The minimum Gasteiger partial charge on any atom is -0.337 e. The molecule has 2 aromatic rings. The zero-order valence-corrected chi connectivity index (χ0v) is 15.6. The SMILES string of the molecule is Cc1ccc(C(=O)N2CCCN(Cc3cccc(Br)c3)CC2)cc1. The molecule has 0 saturated carbocycles. The third-order valence-electron chi connectivity index (χ3n) is 4.47. The number of hydrogen-bond donors (Lipinski definition) is 0. The van der Waals surface area contributed by atoms with E-state index < -0.39 is 0 Å². The van der Waals surface area contributed by atoms with Crippen LogP contribution in [-0.4, -0.2) is 41.9 Å². The van der Waals surface area contributed by atoms with Crippen LogP contribution in [0.5, 0.6) is 0 Å². The molecule has 1 aliphatic heterocycles. The van der Waals surface area contributed by atoms with E-state index in [-0.39, 0.29) is 5.91 Å². The second-order valence-electron chi connectivity index (χ2n) is 6.42. The van der Waals surface area contributed by atoms with Crippen molar-refractivity contribution in [3.63, 3.8) is 0 Å². The highest BCUT2D eigenvalue weighted by molar-refractivity contribution is 9.10. The smallest absolute Gasteiger partial charge is 0.253 e. The summed E-state index contributed by atoms with van der Waals surface area (Å²) < 4.78 is 1.12. The topological polar surface area (TPSA) is 23.6 Å². The van der Waals surface area contributed by atoms with Crippen LogP contribution in [0.3, 0.4) is 0 Å². The van der Waals surface area contributed by atoms with Gasteiger partial charge in [0.25, 0.3) is 5.91 Å². The lowest BCUT2D eigenvalue weighted by atomic mass is 10.1. The van der Waals surface area contributed by atoms with E-state index in [0.717, 1.165) is 49.2 Å². The summed E-state index contributed by atoms with van der Waals surface area (Å²) in [4.78, 5) is 17.1. The highest BCUT2D eigenvalue weighted by atomic mass is 79.9. The van der Waals surface area contributed by atoms with Crippen LogP contribution in [0.1, 0.15) is 27.9 Å². The van der Waals surface area contributed by atoms with Crippen molar-refractivity contribution in [3.8, 4) is 0 Å². The first-order valence-corrected chi connectivity index (χ1v) is 9.24. The number of rotatable bonds is 3. The van der Waals surface area contributed by atoms with Crippen LogP contribution in [0, 0.1) is 6.92 Å². The van der Waals surface area contributed by atoms with Crippen LogP contribution < -0.4 is 0 Å². The summed E-state index contributed by atoms with van der Waals surface area (Å²) in [5.74, 6) is 0.152. The molecule has 1 fully saturated rings. The molecule has 0 N–H and O–H groups in total. The maximum absolute atomic E-state index is 12.7. The van der Waals surface area contributed by atoms with Gasteiger partial charge < -0.3 is 4.90 Å². The number of hydrogen-bond acceptors (Lipinski definition) is 2. The Morgan fingerprint density at radius 3 is 2.58 bits per heavy atom. The van der Waals surface area contributed by atoms with Crippen LogP contribution in [-0.2, 0) is 6.54 Å². The summed E-state index contributed by atoms with van der Waals surface area (Å²) in [6.45, 7) is 6.56. The summed E-state index contributed by atoms with van der Waals surface area (Å²) >= 11 is 3.53. The van der Waals surface area contributed by atoms with Crippen molar-refractivity contribution in [1.29, 1.82) is 0 Å². The third-order valence-corrected chi connectivity index (χ3v) is 4.96. The summed E-state index contributed by atoms with van der Waals surface area (Å²) in [6, 6.07) is 16.3. The summed E-state index contributed by atoms with van der Waals surface area (Å²) in [5, 5.41) is 0. The van der Waals surface area contributed by atoms with Gasteiger partial charge >= 0.3 is 0 Å². The number of halogens is 1. The molecule has 0 radical (unpaired) electrons. The number of benzene rings is 2. The minimum absolute atomic E-state index is 0.152. The predicted molar refractivity (Wildman–Crippen MR) is 101 cm³/mol. The molecule has 3 nitrogen and oxygen atoms in total. The van der Waals surface area contributed by atoms with Gasteiger partial charge in [0.2, 0.25) is 0 Å². The van der Waals surface area contributed by atoms with Gasteiger partial charge in [0.15, 0.2) is 0 Å². The second kappa shape index (κ2) is 7.95. The van der Waals surface area contributed by atoms with Gasteiger partial charge in [-0.1, -0.05) is 45.8 Å². The molecule has 4 heteroatoms. The van der Waals surface area contributed by atoms with Crippen LogP contribution in [0.2, 0.25) is 0 Å². The van der Waals surface area contributed by atoms with Gasteiger partial charge in [-0.3, -0.25) is 9.69 Å². The molecule has 126 valence electrons. The Morgan fingerprint density at radius 1 is 1.04 bits per heavy atom. The molecule has 3 rings (SSSR count). The van der Waals surface area contributed by atoms with Crippen LogP contribution in [0.15, 0.2) is 53.0 Å². The van der Waals surface area contributed by atoms with E-state index in [1.807, 2.05) is 42.2 Å². The van der Waals surface area contributed by atoms with E-state index in [2.05, 4.69) is 39.0 Å². The van der Waals surface area contributed by atoms with Gasteiger partial charge in [0.1, 0.15) is 0 Å². The zero-order valence-electron chi connectivity index (χ0n) is 14.0. The lowest BCUT2D eigenvalue weighted by molar-refractivity contribution is 0.0761. The van der Waals surface area contributed by atoms with Gasteiger partial charge in [0, 0.05) is 42.8 Å². The van der Waals surface area contributed by atoms with Gasteiger partial charge in [-0.25, -0.2) is 0 Å². The summed E-state index contributed by atoms with van der Waals surface area (Å²) in [5.41, 5.74) is 3.28. The molecular weight excluding hydrogens is 364 g/mol. The molecule has 0 unspecified atom stereocenters. The maximum atomic E-state index is 12.7. The Bertz CT molecular complexity index is 699. The van der Waals surface area contributed by atoms with Crippen molar-refractivity contribution in [2.24, 2.45) is 0 Å². The molecule has 1 amide bonds. The fourth-order valence-electron chi connectivity index (χ4n) is 3.10. The van der Waals surface area contributed by atoms with Gasteiger partial charge in [-0.2, -0.15) is 0 Å². The number of aryl methyl sites for hydroxylation is 1. The van der Waals surface area contributed by atoms with E-state index in [1.165, 1.54) is 11.1 Å². The Hall–Kier alpha value is -1.65. The average molecular weight is 387 g/mol. The number of carbonyl (C=O) groups excluding carboxylic acids is 1. The second-order valence-corrected chi connectivity index (χ2v) is 7.33. The molecule has 1 saturated heterocycles. The minimum atomic E-state index is 0.152. The predicted octanol–water partition coefficient (Wildman–Crippen LogP) is 4.11. The highest BCUT2D eigenvalue weighted by Gasteiger charge is 2.20. The van der Waals surface area contributed by atoms with E-state index in [1.54, 1.807) is 0 Å². The Labute approximate surface area is 152 Å². The Morgan fingerprint density at radius 2 is 1.83 bits per heavy atom. The van der Waals surface area contributed by atoms with E-state index >= 15 is 0 Å². The maximum Gasteiger partial charge on any atom is 0.253 e. The van der Waals surface area contributed by atoms with Crippen molar-refractivity contribution in [2.45, 2.75) is 19.9 Å². The molecular formula is C20H23BrN2O. The fourth-order valence-corrected chi connectivity index (χ4v) is 3.55. The molecule has 0 aliphatic carbocycles. The zero-order chi connectivity index (χ0) is 16.9. The molecule has 1 heterocycles. The third kappa shape index (κ3) is 4.46. The standard InChI is InChI=1S/C20H23BrN2O/c1-16-6-8-18(9-7-16)20(24)23-11-3-10-22(12-13-23)15-17-4-2-5-19(21)14-17/h2,4-9,14H,3,10-13,15H2,1H3. The van der Waals surface area contributed by atoms with Crippen LogP contribution in [0.4, 0.5) is 0 Å². The molecule has 0 bridgehead atoms. The van der Waals surface area contributed by atoms with Gasteiger partial charge in [-0.15, -0.1) is 0 Å². The van der Waals surface area contributed by atoms with Crippen molar-refractivity contribution < 1.29 is 4.79 Å². The van der Waals surface area contributed by atoms with Crippen molar-refractivity contribution in [2.75, 3.05) is 26.2 Å². The lowest BCUT2D eigenvalue weighted by Crippen LogP contribution is -2.35. The van der Waals surface area contributed by atoms with Crippen LogP contribution in [0.25, 0.3) is 0 Å². The molecule has 0 aromatic heterocycles. The van der Waals surface area contributed by atoms with Crippen molar-refractivity contribution in [1.82, 2.24) is 9.80 Å². The molecule has 24 heavy (non-hydrogen) atoms. The quantitative estimate of drug-likeness (QED) is 0.792. The van der Waals surface area contributed by atoms with Crippen molar-refractivity contribution in [3.05, 3.63) is 69.7 Å². The van der Waals surface area contributed by atoms with E-state index in [0.29, 0.717) is 0 Å². The van der Waals surface area contributed by atoms with Gasteiger partial charge in [-0.05, 0) is 43.2 Å². The number of amides is 1. The van der Waals surface area contributed by atoms with Crippen molar-refractivity contribution >= 4 is 21.8 Å². The monoisotopic (exact) mass is 386 g/mol. The highest BCUT2D eigenvalue weighted by Crippen LogP contribution is 2.15. The molecule has 2 aromatic carbocycles. The fraction of sp³-hybridized carbons (Fsp3) is 0.350. The molecule has 0 spiro atoms. The Kier molecular flexibility index (Phi) is 5.69. The van der Waals surface area contributed by atoms with Crippen LogP contribution >= 0.6 is 15.9 Å². The number of nitrogens with zero attached hydrogens (tertiary/aromatic N) is 2. The molecule has 1 aliphatic rings. The largest absolute Gasteiger partial charge is 0.337 e. The van der Waals surface area contributed by atoms with Gasteiger partial charge in [0.05, 0.1) is 0 Å². The normalized spacial score (nSPS) is 16.0. The number of carbonyl (C=O) groups is 1. The van der Waals surface area contributed by atoms with E-state index in [9.17, 15) is 4.79 Å².